The van der Waals surface area contributed by atoms with Crippen LogP contribution < -0.4 is 4.74 Å². The third kappa shape index (κ3) is 5.40. The molecule has 0 saturated carbocycles. The fourth-order valence-electron chi connectivity index (χ4n) is 4.76. The molecule has 0 radical (unpaired) electrons. The molecular formula is C28H31ClFNO2. The molecule has 1 aliphatic heterocycles. The van der Waals surface area contributed by atoms with Crippen LogP contribution in [0.15, 0.2) is 66.2 Å². The Balaban J connectivity index is 1.42. The van der Waals surface area contributed by atoms with Gasteiger partial charge in [0, 0.05) is 24.5 Å². The van der Waals surface area contributed by atoms with E-state index in [0.29, 0.717) is 10.8 Å². The number of fused-ring (bicyclic) bond motifs is 1. The predicted molar refractivity (Wildman–Crippen MR) is 134 cm³/mol. The van der Waals surface area contributed by atoms with Crippen molar-refractivity contribution in [2.75, 3.05) is 20.2 Å². The van der Waals surface area contributed by atoms with Crippen LogP contribution in [-0.2, 0) is 6.42 Å². The van der Waals surface area contributed by atoms with Gasteiger partial charge in [-0.05, 0) is 66.5 Å². The molecule has 1 fully saturated rings. The van der Waals surface area contributed by atoms with Crippen LogP contribution in [0.25, 0.3) is 10.8 Å². The molecule has 0 bridgehead atoms. The van der Waals surface area contributed by atoms with E-state index in [1.54, 1.807) is 7.11 Å². The van der Waals surface area contributed by atoms with E-state index in [4.69, 9.17) is 16.3 Å². The van der Waals surface area contributed by atoms with Gasteiger partial charge in [-0.2, -0.15) is 0 Å². The molecule has 0 spiro atoms. The van der Waals surface area contributed by atoms with Crippen LogP contribution in [0.4, 0.5) is 4.39 Å². The van der Waals surface area contributed by atoms with Crippen molar-refractivity contribution in [3.63, 3.8) is 0 Å². The van der Waals surface area contributed by atoms with Gasteiger partial charge in [-0.15, -0.1) is 0 Å². The molecule has 1 saturated heterocycles. The fourth-order valence-corrected chi connectivity index (χ4v) is 5.08. The third-order valence-corrected chi connectivity index (χ3v) is 7.13. The van der Waals surface area contributed by atoms with Gasteiger partial charge in [0.05, 0.1) is 18.2 Å². The molecule has 3 aromatic rings. The van der Waals surface area contributed by atoms with E-state index in [0.717, 1.165) is 60.7 Å². The lowest BCUT2D eigenvalue weighted by atomic mass is 9.93. The number of aliphatic hydroxyl groups excluding tert-OH is 1. The third-order valence-electron chi connectivity index (χ3n) is 6.74. The lowest BCUT2D eigenvalue weighted by Gasteiger charge is -2.38. The SMILES string of the molecule is CC[C@H]([C@H](O)c1ccc2c(Cl)c(OC)ccc2c1)N1CCC(=CCc2ccc(F)cc2)CC1. The van der Waals surface area contributed by atoms with Crippen molar-refractivity contribution < 1.29 is 14.2 Å². The Hall–Kier alpha value is -2.40. The van der Waals surface area contributed by atoms with Crippen LogP contribution in [-0.4, -0.2) is 36.2 Å². The van der Waals surface area contributed by atoms with Gasteiger partial charge in [0.2, 0.25) is 0 Å². The maximum atomic E-state index is 13.1. The number of halogens is 2. The number of aliphatic hydroxyl groups is 1. The number of ether oxygens (including phenoxy) is 1. The van der Waals surface area contributed by atoms with Gasteiger partial charge in [-0.25, -0.2) is 4.39 Å². The van der Waals surface area contributed by atoms with E-state index in [1.807, 2.05) is 42.5 Å². The quantitative estimate of drug-likeness (QED) is 0.391. The van der Waals surface area contributed by atoms with Crippen LogP contribution in [0.2, 0.25) is 5.02 Å². The normalized spacial score (nSPS) is 16.6. The minimum absolute atomic E-state index is 0.0646. The van der Waals surface area contributed by atoms with Crippen molar-refractivity contribution in [1.29, 1.82) is 0 Å². The van der Waals surface area contributed by atoms with Gasteiger partial charge in [0.25, 0.3) is 0 Å². The molecule has 1 aliphatic rings. The first kappa shape index (κ1) is 23.7. The number of hydrogen-bond donors (Lipinski definition) is 1. The Labute approximate surface area is 200 Å². The van der Waals surface area contributed by atoms with E-state index in [1.165, 1.54) is 17.7 Å². The Kier molecular flexibility index (Phi) is 7.69. The zero-order valence-corrected chi connectivity index (χ0v) is 20.0. The van der Waals surface area contributed by atoms with Crippen molar-refractivity contribution in [2.45, 2.75) is 44.8 Å². The molecule has 1 heterocycles. The van der Waals surface area contributed by atoms with Crippen LogP contribution in [0, 0.1) is 5.82 Å². The smallest absolute Gasteiger partial charge is 0.138 e. The number of benzene rings is 3. The van der Waals surface area contributed by atoms with Crippen LogP contribution >= 0.6 is 11.6 Å². The number of nitrogens with zero attached hydrogens (tertiary/aromatic N) is 1. The lowest BCUT2D eigenvalue weighted by Crippen LogP contribution is -2.43. The summed E-state index contributed by atoms with van der Waals surface area (Å²) in [6, 6.07) is 16.6. The highest BCUT2D eigenvalue weighted by atomic mass is 35.5. The standard InChI is InChI=1S/C28H31ClFNO2/c1-3-25(28(32)22-8-12-24-21(18-22)9-13-26(33-2)27(24)29)31-16-14-20(15-17-31)5-4-19-6-10-23(30)11-7-19/h5-13,18,25,28,32H,3-4,14-17H2,1-2H3/t25-,28-/m1/s1. The molecule has 33 heavy (non-hydrogen) atoms. The highest BCUT2D eigenvalue weighted by Gasteiger charge is 2.28. The van der Waals surface area contributed by atoms with Gasteiger partial charge < -0.3 is 9.84 Å². The van der Waals surface area contributed by atoms with Crippen molar-refractivity contribution in [3.8, 4) is 5.75 Å². The topological polar surface area (TPSA) is 32.7 Å². The fraction of sp³-hybridized carbons (Fsp3) is 0.357. The lowest BCUT2D eigenvalue weighted by molar-refractivity contribution is 0.0411. The van der Waals surface area contributed by atoms with Crippen molar-refractivity contribution in [1.82, 2.24) is 4.90 Å². The van der Waals surface area contributed by atoms with Crippen molar-refractivity contribution in [2.24, 2.45) is 0 Å². The second-order valence-electron chi connectivity index (χ2n) is 8.71. The summed E-state index contributed by atoms with van der Waals surface area (Å²) >= 11 is 6.45. The van der Waals surface area contributed by atoms with E-state index < -0.39 is 6.10 Å². The number of allylic oxidation sites excluding steroid dienone is 1. The molecule has 0 amide bonds. The van der Waals surface area contributed by atoms with Crippen molar-refractivity contribution in [3.05, 3.63) is 88.2 Å². The summed E-state index contributed by atoms with van der Waals surface area (Å²) in [4.78, 5) is 2.41. The highest BCUT2D eigenvalue weighted by Crippen LogP contribution is 2.35. The van der Waals surface area contributed by atoms with Gasteiger partial charge in [0.1, 0.15) is 11.6 Å². The monoisotopic (exact) mass is 467 g/mol. The van der Waals surface area contributed by atoms with Gasteiger partial charge in [0.15, 0.2) is 0 Å². The average Bonchev–Trinajstić information content (AvgIpc) is 2.85. The molecule has 4 rings (SSSR count). The summed E-state index contributed by atoms with van der Waals surface area (Å²) in [5.41, 5.74) is 3.48. The van der Waals surface area contributed by atoms with E-state index in [9.17, 15) is 9.50 Å². The summed E-state index contributed by atoms with van der Waals surface area (Å²) in [5, 5.41) is 13.8. The van der Waals surface area contributed by atoms with Gasteiger partial charge in [-0.3, -0.25) is 4.90 Å². The first-order valence-electron chi connectivity index (χ1n) is 11.6. The number of likely N-dealkylation sites (tertiary alicyclic amines) is 1. The predicted octanol–water partition coefficient (Wildman–Crippen LogP) is 6.72. The molecule has 0 aromatic heterocycles. The minimum Gasteiger partial charge on any atom is -0.495 e. The molecule has 0 aliphatic carbocycles. The summed E-state index contributed by atoms with van der Waals surface area (Å²) in [5.74, 6) is 0.457. The largest absolute Gasteiger partial charge is 0.495 e. The summed E-state index contributed by atoms with van der Waals surface area (Å²) in [7, 11) is 1.61. The number of piperidine rings is 1. The number of hydrogen-bond acceptors (Lipinski definition) is 3. The highest BCUT2D eigenvalue weighted by molar-refractivity contribution is 6.37. The summed E-state index contributed by atoms with van der Waals surface area (Å²) < 4.78 is 18.4. The molecule has 3 aromatic carbocycles. The van der Waals surface area contributed by atoms with Crippen LogP contribution in [0.5, 0.6) is 5.75 Å². The van der Waals surface area contributed by atoms with Crippen LogP contribution in [0.3, 0.4) is 0 Å². The molecule has 5 heteroatoms. The van der Waals surface area contributed by atoms with E-state index in [-0.39, 0.29) is 11.9 Å². The van der Waals surface area contributed by atoms with E-state index in [2.05, 4.69) is 17.9 Å². The molecule has 174 valence electrons. The molecule has 3 nitrogen and oxygen atoms in total. The minimum atomic E-state index is -0.565. The number of methoxy groups -OCH3 is 1. The molecular weight excluding hydrogens is 437 g/mol. The first-order valence-corrected chi connectivity index (χ1v) is 12.0. The van der Waals surface area contributed by atoms with E-state index >= 15 is 0 Å². The summed E-state index contributed by atoms with van der Waals surface area (Å²) in [6.07, 6.45) is 5.42. The van der Waals surface area contributed by atoms with Gasteiger partial charge >= 0.3 is 0 Å². The van der Waals surface area contributed by atoms with Crippen LogP contribution in [0.1, 0.15) is 43.4 Å². The second-order valence-corrected chi connectivity index (χ2v) is 9.09. The summed E-state index contributed by atoms with van der Waals surface area (Å²) in [6.45, 7) is 4.00. The molecule has 0 unspecified atom stereocenters. The Morgan fingerprint density at radius 3 is 2.48 bits per heavy atom. The zero-order chi connectivity index (χ0) is 23.4. The van der Waals surface area contributed by atoms with Crippen molar-refractivity contribution >= 4 is 22.4 Å². The second kappa shape index (κ2) is 10.7. The zero-order valence-electron chi connectivity index (χ0n) is 19.2. The maximum absolute atomic E-state index is 13.1. The Morgan fingerprint density at radius 1 is 1.09 bits per heavy atom. The molecule has 2 atom stereocenters. The first-order chi connectivity index (χ1) is 16.0. The average molecular weight is 468 g/mol. The number of rotatable bonds is 7. The maximum Gasteiger partial charge on any atom is 0.138 e. The Morgan fingerprint density at radius 2 is 1.82 bits per heavy atom. The van der Waals surface area contributed by atoms with Gasteiger partial charge in [-0.1, -0.05) is 60.5 Å². The molecule has 1 N–H and O–H groups in total. The Bertz CT molecular complexity index is 1120.